The molecule has 0 saturated carbocycles. The number of rotatable bonds is 2. The summed E-state index contributed by atoms with van der Waals surface area (Å²) in [7, 11) is 0. The first-order valence-corrected chi connectivity index (χ1v) is 5.13. The molecule has 0 atom stereocenters. The summed E-state index contributed by atoms with van der Waals surface area (Å²) in [5, 5.41) is 0.395. The van der Waals surface area contributed by atoms with E-state index < -0.39 is 4.84 Å². The molecular formula is C5H3Cl4NS. The maximum Gasteiger partial charge on any atom is 0.185 e. The molecule has 0 amide bonds. The van der Waals surface area contributed by atoms with E-state index in [4.69, 9.17) is 46.4 Å². The van der Waals surface area contributed by atoms with E-state index in [1.54, 1.807) is 0 Å². The molecule has 0 spiro atoms. The van der Waals surface area contributed by atoms with Crippen molar-refractivity contribution >= 4 is 57.7 Å². The minimum Gasteiger partial charge on any atom is -0.213 e. The molecule has 0 bridgehead atoms. The molecule has 1 heterocycles. The standard InChI is InChI=1S/C5H3Cl4NS/c6-3(7)1-2-4(8)10-5(9)11-2/h3H,1H2. The molecule has 0 N–H and O–H groups in total. The third-order valence-corrected chi connectivity index (χ3v) is 2.88. The Morgan fingerprint density at radius 1 is 1.36 bits per heavy atom. The van der Waals surface area contributed by atoms with Crippen LogP contribution in [0, 0.1) is 0 Å². The third kappa shape index (κ3) is 2.96. The average Bonchev–Trinajstić information content (AvgIpc) is 2.09. The fraction of sp³-hybridized carbons (Fsp3) is 0.400. The van der Waals surface area contributed by atoms with Gasteiger partial charge in [-0.05, 0) is 0 Å². The van der Waals surface area contributed by atoms with E-state index in [2.05, 4.69) is 4.98 Å². The molecule has 0 saturated heterocycles. The SMILES string of the molecule is Clc1nc(Cl)c(CC(Cl)Cl)s1. The quantitative estimate of drug-likeness (QED) is 0.728. The first-order valence-electron chi connectivity index (χ1n) is 2.68. The van der Waals surface area contributed by atoms with Crippen molar-refractivity contribution in [2.75, 3.05) is 0 Å². The van der Waals surface area contributed by atoms with Gasteiger partial charge in [0.1, 0.15) is 9.99 Å². The smallest absolute Gasteiger partial charge is 0.185 e. The van der Waals surface area contributed by atoms with E-state index in [9.17, 15) is 0 Å². The number of hydrogen-bond acceptors (Lipinski definition) is 2. The first kappa shape index (κ1) is 9.87. The molecule has 1 aromatic heterocycles. The lowest BCUT2D eigenvalue weighted by atomic mass is 10.4. The van der Waals surface area contributed by atoms with Gasteiger partial charge in [-0.1, -0.05) is 23.2 Å². The second-order valence-electron chi connectivity index (χ2n) is 1.78. The van der Waals surface area contributed by atoms with Crippen molar-refractivity contribution in [3.63, 3.8) is 0 Å². The van der Waals surface area contributed by atoms with Crippen molar-refractivity contribution in [2.45, 2.75) is 11.3 Å². The normalized spacial score (nSPS) is 11.0. The zero-order valence-corrected chi connectivity index (χ0v) is 8.99. The number of thiazole rings is 1. The van der Waals surface area contributed by atoms with Gasteiger partial charge in [-0.3, -0.25) is 0 Å². The van der Waals surface area contributed by atoms with E-state index in [0.717, 1.165) is 4.88 Å². The zero-order chi connectivity index (χ0) is 8.43. The van der Waals surface area contributed by atoms with Gasteiger partial charge < -0.3 is 0 Å². The fourth-order valence-electron chi connectivity index (χ4n) is 0.572. The molecule has 6 heteroatoms. The molecule has 0 aliphatic heterocycles. The number of hydrogen-bond donors (Lipinski definition) is 0. The van der Waals surface area contributed by atoms with Crippen LogP contribution >= 0.6 is 57.7 Å². The second kappa shape index (κ2) is 4.15. The molecule has 0 radical (unpaired) electrons. The van der Waals surface area contributed by atoms with Crippen LogP contribution in [0.2, 0.25) is 9.62 Å². The average molecular weight is 251 g/mol. The van der Waals surface area contributed by atoms with Gasteiger partial charge >= 0.3 is 0 Å². The zero-order valence-electron chi connectivity index (χ0n) is 5.15. The number of nitrogens with zero attached hydrogens (tertiary/aromatic N) is 1. The van der Waals surface area contributed by atoms with Crippen molar-refractivity contribution in [1.29, 1.82) is 0 Å². The van der Waals surface area contributed by atoms with Crippen molar-refractivity contribution in [3.8, 4) is 0 Å². The minimum absolute atomic E-state index is 0.395. The van der Waals surface area contributed by atoms with Gasteiger partial charge in [-0.25, -0.2) is 4.98 Å². The van der Waals surface area contributed by atoms with Gasteiger partial charge in [-0.15, -0.1) is 34.5 Å². The van der Waals surface area contributed by atoms with Gasteiger partial charge in [0.25, 0.3) is 0 Å². The number of aromatic nitrogens is 1. The van der Waals surface area contributed by atoms with Crippen LogP contribution < -0.4 is 0 Å². The molecular weight excluding hydrogens is 248 g/mol. The highest BCUT2D eigenvalue weighted by atomic mass is 35.5. The second-order valence-corrected chi connectivity index (χ2v) is 5.08. The van der Waals surface area contributed by atoms with E-state index in [1.165, 1.54) is 11.3 Å². The summed E-state index contributed by atoms with van der Waals surface area (Å²) in [6, 6.07) is 0. The van der Waals surface area contributed by atoms with Gasteiger partial charge in [0, 0.05) is 11.3 Å². The lowest BCUT2D eigenvalue weighted by Crippen LogP contribution is -1.91. The van der Waals surface area contributed by atoms with Gasteiger partial charge in [-0.2, -0.15) is 0 Å². The molecule has 0 aliphatic rings. The molecule has 0 aromatic carbocycles. The lowest BCUT2D eigenvalue weighted by Gasteiger charge is -1.95. The molecule has 0 unspecified atom stereocenters. The first-order chi connectivity index (χ1) is 5.09. The van der Waals surface area contributed by atoms with Crippen LogP contribution in [0.25, 0.3) is 0 Å². The molecule has 0 aliphatic carbocycles. The number of halogens is 4. The molecule has 1 aromatic rings. The summed E-state index contributed by atoms with van der Waals surface area (Å²) in [4.78, 5) is 4.17. The van der Waals surface area contributed by atoms with Crippen LogP contribution in [0.5, 0.6) is 0 Å². The Bertz CT molecular complexity index is 247. The van der Waals surface area contributed by atoms with Crippen molar-refractivity contribution in [1.82, 2.24) is 4.98 Å². The Balaban J connectivity index is 2.77. The molecule has 1 nitrogen and oxygen atoms in total. The maximum absolute atomic E-state index is 5.69. The van der Waals surface area contributed by atoms with Crippen LogP contribution in [0.15, 0.2) is 0 Å². The molecule has 0 fully saturated rings. The Hall–Kier alpha value is 0.790. The maximum atomic E-state index is 5.69. The van der Waals surface area contributed by atoms with Crippen LogP contribution in [0.4, 0.5) is 0 Å². The Kier molecular flexibility index (Phi) is 3.72. The summed E-state index contributed by atoms with van der Waals surface area (Å²) in [6.07, 6.45) is 0.492. The Morgan fingerprint density at radius 3 is 2.36 bits per heavy atom. The van der Waals surface area contributed by atoms with E-state index in [0.29, 0.717) is 16.0 Å². The van der Waals surface area contributed by atoms with Crippen LogP contribution in [-0.4, -0.2) is 9.82 Å². The summed E-state index contributed by atoms with van der Waals surface area (Å²) >= 11 is 23.6. The van der Waals surface area contributed by atoms with Crippen molar-refractivity contribution < 1.29 is 0 Å². The van der Waals surface area contributed by atoms with Crippen molar-refractivity contribution in [2.24, 2.45) is 0 Å². The van der Waals surface area contributed by atoms with Gasteiger partial charge in [0.05, 0.1) is 0 Å². The van der Waals surface area contributed by atoms with Crippen molar-refractivity contribution in [3.05, 3.63) is 14.5 Å². The summed E-state index contributed by atoms with van der Waals surface area (Å²) in [6.45, 7) is 0. The topological polar surface area (TPSA) is 12.9 Å². The predicted molar refractivity (Wildman–Crippen MR) is 51.3 cm³/mol. The highest BCUT2D eigenvalue weighted by Crippen LogP contribution is 2.29. The minimum atomic E-state index is -0.455. The summed E-state index contributed by atoms with van der Waals surface area (Å²) in [5.74, 6) is 0. The Labute approximate surface area is 88.2 Å². The van der Waals surface area contributed by atoms with Crippen LogP contribution in [0.1, 0.15) is 4.88 Å². The van der Waals surface area contributed by atoms with E-state index in [-0.39, 0.29) is 0 Å². The fourth-order valence-corrected chi connectivity index (χ4v) is 2.52. The van der Waals surface area contributed by atoms with Crippen LogP contribution in [-0.2, 0) is 6.42 Å². The third-order valence-electron chi connectivity index (χ3n) is 0.963. The molecule has 11 heavy (non-hydrogen) atoms. The molecule has 1 rings (SSSR count). The van der Waals surface area contributed by atoms with E-state index >= 15 is 0 Å². The highest BCUT2D eigenvalue weighted by molar-refractivity contribution is 7.16. The molecule has 62 valence electrons. The predicted octanol–water partition coefficient (Wildman–Crippen LogP) is 3.80. The Morgan fingerprint density at radius 2 is 2.00 bits per heavy atom. The largest absolute Gasteiger partial charge is 0.213 e. The van der Waals surface area contributed by atoms with Gasteiger partial charge in [0.2, 0.25) is 0 Å². The van der Waals surface area contributed by atoms with E-state index in [1.807, 2.05) is 0 Å². The van der Waals surface area contributed by atoms with Gasteiger partial charge in [0.15, 0.2) is 4.47 Å². The highest BCUT2D eigenvalue weighted by Gasteiger charge is 2.10. The monoisotopic (exact) mass is 249 g/mol. The van der Waals surface area contributed by atoms with Crippen LogP contribution in [0.3, 0.4) is 0 Å². The summed E-state index contributed by atoms with van der Waals surface area (Å²) in [5.41, 5.74) is 0. The lowest BCUT2D eigenvalue weighted by molar-refractivity contribution is 1.11. The number of alkyl halides is 2. The summed E-state index contributed by atoms with van der Waals surface area (Å²) < 4.78 is 0.416.